The predicted octanol–water partition coefficient (Wildman–Crippen LogP) is 1.71. The van der Waals surface area contributed by atoms with Gasteiger partial charge in [-0.3, -0.25) is 4.79 Å². The monoisotopic (exact) mass is 218 g/mol. The molecule has 0 saturated carbocycles. The van der Waals surface area contributed by atoms with Crippen molar-refractivity contribution in [3.05, 3.63) is 42.1 Å². The fourth-order valence-electron chi connectivity index (χ4n) is 1.13. The highest BCUT2D eigenvalue weighted by Gasteiger charge is 2.00. The molecule has 2 N–H and O–H groups in total. The first kappa shape index (κ1) is 12.0. The Morgan fingerprint density at radius 2 is 2.00 bits per heavy atom. The van der Waals surface area contributed by atoms with E-state index in [4.69, 9.17) is 10.1 Å². The molecule has 0 unspecified atom stereocenters. The number of carbonyl (C=O) groups excluding carboxylic acids is 1. The Morgan fingerprint density at radius 1 is 1.38 bits per heavy atom. The molecule has 4 nitrogen and oxygen atoms in total. The van der Waals surface area contributed by atoms with Gasteiger partial charge in [-0.15, -0.1) is 0 Å². The Labute approximate surface area is 94.4 Å². The molecule has 0 saturated heterocycles. The summed E-state index contributed by atoms with van der Waals surface area (Å²) in [7, 11) is 1.77. The van der Waals surface area contributed by atoms with Crippen LogP contribution < -0.4 is 10.1 Å². The first-order valence-electron chi connectivity index (χ1n) is 4.84. The summed E-state index contributed by atoms with van der Waals surface area (Å²) in [5.74, 6) is 0.138. The average molecular weight is 218 g/mol. The first-order chi connectivity index (χ1) is 7.63. The molecule has 0 heterocycles. The van der Waals surface area contributed by atoms with Gasteiger partial charge in [0.05, 0.1) is 5.71 Å². The Morgan fingerprint density at radius 3 is 2.50 bits per heavy atom. The number of carbonyl (C=O) groups is 1. The maximum Gasteiger partial charge on any atom is 0.308 e. The van der Waals surface area contributed by atoms with Crippen molar-refractivity contribution in [1.29, 1.82) is 5.41 Å². The van der Waals surface area contributed by atoms with Crippen molar-refractivity contribution < 1.29 is 9.53 Å². The molecule has 1 aromatic rings. The van der Waals surface area contributed by atoms with E-state index in [-0.39, 0.29) is 5.97 Å². The number of benzene rings is 1. The molecule has 0 aliphatic rings. The Kier molecular flexibility index (Phi) is 4.27. The summed E-state index contributed by atoms with van der Waals surface area (Å²) in [5, 5.41) is 10.5. The van der Waals surface area contributed by atoms with Gasteiger partial charge < -0.3 is 15.5 Å². The Bertz CT molecular complexity index is 408. The van der Waals surface area contributed by atoms with Crippen molar-refractivity contribution in [3.63, 3.8) is 0 Å². The van der Waals surface area contributed by atoms with Crippen molar-refractivity contribution in [1.82, 2.24) is 5.32 Å². The van der Waals surface area contributed by atoms with Crippen LogP contribution in [0.4, 0.5) is 0 Å². The van der Waals surface area contributed by atoms with Crippen LogP contribution in [0.5, 0.6) is 5.75 Å². The number of esters is 1. The lowest BCUT2D eigenvalue weighted by Gasteiger charge is -2.02. The summed E-state index contributed by atoms with van der Waals surface area (Å²) in [6, 6.07) is 6.80. The minimum absolute atomic E-state index is 0.349. The van der Waals surface area contributed by atoms with Crippen LogP contribution in [-0.2, 0) is 4.79 Å². The maximum atomic E-state index is 10.7. The van der Waals surface area contributed by atoms with Crippen LogP contribution in [0.2, 0.25) is 0 Å². The van der Waals surface area contributed by atoms with E-state index in [0.29, 0.717) is 11.5 Å². The molecule has 1 aromatic carbocycles. The molecule has 0 radical (unpaired) electrons. The number of rotatable bonds is 4. The molecule has 0 spiro atoms. The summed E-state index contributed by atoms with van der Waals surface area (Å²) in [4.78, 5) is 10.7. The van der Waals surface area contributed by atoms with Gasteiger partial charge >= 0.3 is 5.97 Å². The number of ether oxygens (including phenoxy) is 1. The Balaban J connectivity index is 2.74. The molecule has 0 aromatic heterocycles. The minimum Gasteiger partial charge on any atom is -0.427 e. The minimum atomic E-state index is -0.349. The van der Waals surface area contributed by atoms with Gasteiger partial charge in [-0.25, -0.2) is 0 Å². The maximum absolute atomic E-state index is 10.7. The third-order valence-corrected chi connectivity index (χ3v) is 1.84. The van der Waals surface area contributed by atoms with Crippen LogP contribution in [0, 0.1) is 5.41 Å². The summed E-state index contributed by atoms with van der Waals surface area (Å²) < 4.78 is 4.89. The molecule has 0 aliphatic carbocycles. The second-order valence-corrected chi connectivity index (χ2v) is 3.15. The third-order valence-electron chi connectivity index (χ3n) is 1.84. The van der Waals surface area contributed by atoms with Crippen LogP contribution >= 0.6 is 0 Å². The van der Waals surface area contributed by atoms with E-state index in [0.717, 1.165) is 5.56 Å². The fourth-order valence-corrected chi connectivity index (χ4v) is 1.13. The van der Waals surface area contributed by atoms with Crippen LogP contribution in [0.1, 0.15) is 12.5 Å². The lowest BCUT2D eigenvalue weighted by atomic mass is 10.1. The summed E-state index contributed by atoms with van der Waals surface area (Å²) in [5.41, 5.74) is 1.16. The molecule has 0 bridgehead atoms. The zero-order chi connectivity index (χ0) is 12.0. The number of hydrogen-bond donors (Lipinski definition) is 2. The van der Waals surface area contributed by atoms with Gasteiger partial charge in [0.15, 0.2) is 0 Å². The smallest absolute Gasteiger partial charge is 0.308 e. The SMILES string of the molecule is CN/C=C\C(=N)c1ccc(OC(C)=O)cc1. The average Bonchev–Trinajstić information content (AvgIpc) is 2.26. The normalized spacial score (nSPS) is 10.1. The van der Waals surface area contributed by atoms with Crippen molar-refractivity contribution in [2.24, 2.45) is 0 Å². The van der Waals surface area contributed by atoms with E-state index in [1.54, 1.807) is 43.6 Å². The standard InChI is InChI=1S/C12H14N2O2/c1-9(15)16-11-5-3-10(4-6-11)12(13)7-8-14-2/h3-8,13-14H,1-2H3/b8-7-,13-12?. The molecule has 0 fully saturated rings. The van der Waals surface area contributed by atoms with Crippen LogP contribution in [0.15, 0.2) is 36.5 Å². The number of nitrogens with one attached hydrogen (secondary N) is 2. The number of allylic oxidation sites excluding steroid dienone is 1. The quantitative estimate of drug-likeness (QED) is 0.459. The van der Waals surface area contributed by atoms with Gasteiger partial charge in [-0.1, -0.05) is 0 Å². The topological polar surface area (TPSA) is 62.2 Å². The molecular formula is C12H14N2O2. The molecule has 84 valence electrons. The largest absolute Gasteiger partial charge is 0.427 e. The van der Waals surface area contributed by atoms with Crippen molar-refractivity contribution in [2.45, 2.75) is 6.92 Å². The number of hydrogen-bond acceptors (Lipinski definition) is 4. The zero-order valence-electron chi connectivity index (χ0n) is 9.28. The molecule has 16 heavy (non-hydrogen) atoms. The van der Waals surface area contributed by atoms with E-state index in [1.807, 2.05) is 0 Å². The van der Waals surface area contributed by atoms with E-state index in [1.165, 1.54) is 6.92 Å². The molecule has 0 aliphatic heterocycles. The third kappa shape index (κ3) is 3.57. The van der Waals surface area contributed by atoms with Gasteiger partial charge in [-0.2, -0.15) is 0 Å². The van der Waals surface area contributed by atoms with E-state index < -0.39 is 0 Å². The summed E-state index contributed by atoms with van der Waals surface area (Å²) in [6.45, 7) is 1.35. The predicted molar refractivity (Wildman–Crippen MR) is 62.8 cm³/mol. The van der Waals surface area contributed by atoms with E-state index in [9.17, 15) is 4.79 Å². The molecule has 4 heteroatoms. The van der Waals surface area contributed by atoms with Crippen molar-refractivity contribution >= 4 is 11.7 Å². The van der Waals surface area contributed by atoms with Crippen molar-refractivity contribution in [2.75, 3.05) is 7.05 Å². The highest BCUT2D eigenvalue weighted by molar-refractivity contribution is 6.06. The summed E-state index contributed by atoms with van der Waals surface area (Å²) in [6.07, 6.45) is 3.34. The molecule has 1 rings (SSSR count). The first-order valence-corrected chi connectivity index (χ1v) is 4.84. The summed E-state index contributed by atoms with van der Waals surface area (Å²) >= 11 is 0. The second kappa shape index (κ2) is 5.70. The van der Waals surface area contributed by atoms with E-state index in [2.05, 4.69) is 5.32 Å². The highest BCUT2D eigenvalue weighted by atomic mass is 16.5. The van der Waals surface area contributed by atoms with Gasteiger partial charge in [0.25, 0.3) is 0 Å². The fraction of sp³-hybridized carbons (Fsp3) is 0.167. The van der Waals surface area contributed by atoms with Crippen LogP contribution in [0.3, 0.4) is 0 Å². The molecule has 0 atom stereocenters. The lowest BCUT2D eigenvalue weighted by molar-refractivity contribution is -0.131. The van der Waals surface area contributed by atoms with Crippen LogP contribution in [-0.4, -0.2) is 18.7 Å². The second-order valence-electron chi connectivity index (χ2n) is 3.15. The van der Waals surface area contributed by atoms with Gasteiger partial charge in [0, 0.05) is 14.0 Å². The zero-order valence-corrected chi connectivity index (χ0v) is 9.28. The van der Waals surface area contributed by atoms with Gasteiger partial charge in [0.1, 0.15) is 5.75 Å². The van der Waals surface area contributed by atoms with Gasteiger partial charge in [0.2, 0.25) is 0 Å². The van der Waals surface area contributed by atoms with E-state index >= 15 is 0 Å². The Hall–Kier alpha value is -2.10. The molecular weight excluding hydrogens is 204 g/mol. The highest BCUT2D eigenvalue weighted by Crippen LogP contribution is 2.12. The van der Waals surface area contributed by atoms with Crippen molar-refractivity contribution in [3.8, 4) is 5.75 Å². The van der Waals surface area contributed by atoms with Gasteiger partial charge in [-0.05, 0) is 42.1 Å². The van der Waals surface area contributed by atoms with Crippen LogP contribution in [0.25, 0.3) is 0 Å². The molecule has 0 amide bonds. The lowest BCUT2D eigenvalue weighted by Crippen LogP contribution is -2.02.